The molecular weight excluding hydrogens is 416 g/mol. The number of amides is 1. The fourth-order valence-corrected chi connectivity index (χ4v) is 4.28. The number of hydrogen-bond acceptors (Lipinski definition) is 4. The number of ether oxygens (including phenoxy) is 2. The third-order valence-electron chi connectivity index (χ3n) is 6.08. The molecule has 1 aliphatic heterocycles. The van der Waals surface area contributed by atoms with E-state index in [1.54, 1.807) is 19.4 Å². The second-order valence-corrected chi connectivity index (χ2v) is 8.30. The number of nitrogens with one attached hydrogen (secondary N) is 1. The lowest BCUT2D eigenvalue weighted by atomic mass is 9.90. The summed E-state index contributed by atoms with van der Waals surface area (Å²) in [7, 11) is 1.61. The topological polar surface area (TPSA) is 69.6 Å². The van der Waals surface area contributed by atoms with Crippen molar-refractivity contribution >= 4 is 5.91 Å². The Labute approximate surface area is 194 Å². The van der Waals surface area contributed by atoms with E-state index >= 15 is 0 Å². The van der Waals surface area contributed by atoms with Gasteiger partial charge in [0, 0.05) is 30.4 Å². The summed E-state index contributed by atoms with van der Waals surface area (Å²) < 4.78 is 13.8. The van der Waals surface area contributed by atoms with Crippen LogP contribution in [0.3, 0.4) is 0 Å². The second kappa shape index (κ2) is 9.94. The van der Waals surface area contributed by atoms with Crippen LogP contribution >= 0.6 is 0 Å². The fourth-order valence-electron chi connectivity index (χ4n) is 4.28. The van der Waals surface area contributed by atoms with Crippen LogP contribution < -0.4 is 20.2 Å². The van der Waals surface area contributed by atoms with Crippen LogP contribution in [0.4, 0.5) is 0 Å². The van der Waals surface area contributed by atoms with Crippen LogP contribution in [0.15, 0.2) is 59.5 Å². The second-order valence-electron chi connectivity index (χ2n) is 8.30. The molecule has 0 spiro atoms. The molecule has 33 heavy (non-hydrogen) atoms. The molecule has 1 aliphatic rings. The fraction of sp³-hybridized carbons (Fsp3) is 0.333. The molecule has 0 fully saturated rings. The lowest BCUT2D eigenvalue weighted by molar-refractivity contribution is 0.0951. The molecule has 1 aromatic heterocycles. The van der Waals surface area contributed by atoms with E-state index in [-0.39, 0.29) is 22.9 Å². The Bertz CT molecular complexity index is 1200. The van der Waals surface area contributed by atoms with Gasteiger partial charge in [0.25, 0.3) is 5.91 Å². The summed E-state index contributed by atoms with van der Waals surface area (Å²) >= 11 is 0. The van der Waals surface area contributed by atoms with Crippen LogP contribution in [-0.4, -0.2) is 24.1 Å². The minimum Gasteiger partial charge on any atom is -0.493 e. The van der Waals surface area contributed by atoms with Crippen LogP contribution in [0.5, 0.6) is 11.5 Å². The minimum atomic E-state index is -0.319. The normalized spacial score (nSPS) is 14.2. The summed E-state index contributed by atoms with van der Waals surface area (Å²) in [4.78, 5) is 25.4. The quantitative estimate of drug-likeness (QED) is 0.542. The number of benzene rings is 2. The summed E-state index contributed by atoms with van der Waals surface area (Å²) in [5, 5.41) is 2.81. The van der Waals surface area contributed by atoms with Crippen molar-refractivity contribution < 1.29 is 14.3 Å². The van der Waals surface area contributed by atoms with Gasteiger partial charge < -0.3 is 19.4 Å². The van der Waals surface area contributed by atoms with E-state index < -0.39 is 0 Å². The maximum atomic E-state index is 12.9. The molecule has 2 heterocycles. The Kier molecular flexibility index (Phi) is 6.82. The Hall–Kier alpha value is -3.54. The van der Waals surface area contributed by atoms with E-state index in [1.165, 1.54) is 0 Å². The summed E-state index contributed by atoms with van der Waals surface area (Å²) in [5.41, 5.74) is 3.82. The highest BCUT2D eigenvalue weighted by Gasteiger charge is 2.27. The zero-order chi connectivity index (χ0) is 23.4. The van der Waals surface area contributed by atoms with Crippen molar-refractivity contribution in [2.75, 3.05) is 13.7 Å². The van der Waals surface area contributed by atoms with Gasteiger partial charge in [0.15, 0.2) is 16.9 Å². The molecule has 1 N–H and O–H groups in total. The van der Waals surface area contributed by atoms with Gasteiger partial charge >= 0.3 is 0 Å². The molecule has 0 bridgehead atoms. The molecule has 6 heteroatoms. The minimum absolute atomic E-state index is 0.140. The molecule has 1 amide bonds. The van der Waals surface area contributed by atoms with E-state index in [9.17, 15) is 9.59 Å². The van der Waals surface area contributed by atoms with Crippen LogP contribution in [0, 0.1) is 0 Å². The Balaban J connectivity index is 1.73. The standard InChI is InChI=1S/C27H30N2O4/c1-4-11-28-27(31)22-16-29-20(5-2)12-19-13-26(33-17-18-9-7-6-8-10-18)25(32-3)14-21(19)23(29)15-24(22)30/h6-10,13-16,20H,4-5,11-12,17H2,1-3H3,(H,28,31). The van der Waals surface area contributed by atoms with Crippen LogP contribution in [0.25, 0.3) is 11.3 Å². The van der Waals surface area contributed by atoms with Crippen molar-refractivity contribution in [2.45, 2.75) is 45.8 Å². The molecule has 0 saturated heterocycles. The third-order valence-corrected chi connectivity index (χ3v) is 6.08. The number of carbonyl (C=O) groups is 1. The summed E-state index contributed by atoms with van der Waals surface area (Å²) in [6.07, 6.45) is 4.19. The predicted molar refractivity (Wildman–Crippen MR) is 129 cm³/mol. The van der Waals surface area contributed by atoms with Crippen LogP contribution in [0.1, 0.15) is 54.2 Å². The first kappa shape index (κ1) is 22.6. The smallest absolute Gasteiger partial charge is 0.256 e. The third kappa shape index (κ3) is 4.65. The predicted octanol–water partition coefficient (Wildman–Crippen LogP) is 4.75. The van der Waals surface area contributed by atoms with Crippen molar-refractivity contribution in [1.82, 2.24) is 9.88 Å². The molecule has 172 valence electrons. The zero-order valence-corrected chi connectivity index (χ0v) is 19.4. The highest BCUT2D eigenvalue weighted by Crippen LogP contribution is 2.41. The first-order valence-electron chi connectivity index (χ1n) is 11.5. The van der Waals surface area contributed by atoms with Gasteiger partial charge in [0.05, 0.1) is 12.8 Å². The first-order chi connectivity index (χ1) is 16.0. The SMILES string of the molecule is CCCNC(=O)c1cn2c(cc1=O)-c1cc(OC)c(OCc3ccccc3)cc1CC2CC. The van der Waals surface area contributed by atoms with Gasteiger partial charge in [-0.05, 0) is 42.5 Å². The van der Waals surface area contributed by atoms with Crippen molar-refractivity contribution in [1.29, 1.82) is 0 Å². The molecule has 1 unspecified atom stereocenters. The molecule has 1 atom stereocenters. The number of carbonyl (C=O) groups excluding carboxylic acids is 1. The number of aromatic nitrogens is 1. The molecule has 4 rings (SSSR count). The van der Waals surface area contributed by atoms with Gasteiger partial charge in [-0.1, -0.05) is 44.2 Å². The largest absolute Gasteiger partial charge is 0.493 e. The Morgan fingerprint density at radius 2 is 1.91 bits per heavy atom. The lowest BCUT2D eigenvalue weighted by Gasteiger charge is -2.31. The van der Waals surface area contributed by atoms with E-state index in [2.05, 4.69) is 16.8 Å². The van der Waals surface area contributed by atoms with Crippen LogP contribution in [0.2, 0.25) is 0 Å². The van der Waals surface area contributed by atoms with Crippen LogP contribution in [-0.2, 0) is 13.0 Å². The Morgan fingerprint density at radius 1 is 1.12 bits per heavy atom. The highest BCUT2D eigenvalue weighted by molar-refractivity contribution is 5.94. The zero-order valence-electron chi connectivity index (χ0n) is 19.4. The van der Waals surface area contributed by atoms with Gasteiger partial charge in [0.2, 0.25) is 0 Å². The maximum absolute atomic E-state index is 12.9. The summed E-state index contributed by atoms with van der Waals surface area (Å²) in [6, 6.07) is 15.7. The van der Waals surface area contributed by atoms with E-state index in [1.807, 2.05) is 49.4 Å². The molecule has 3 aromatic rings. The first-order valence-corrected chi connectivity index (χ1v) is 11.5. The van der Waals surface area contributed by atoms with Gasteiger partial charge in [0.1, 0.15) is 12.2 Å². The van der Waals surface area contributed by atoms with Gasteiger partial charge in [-0.25, -0.2) is 0 Å². The summed E-state index contributed by atoms with van der Waals surface area (Å²) in [5.74, 6) is 0.977. The number of pyridine rings is 1. The van der Waals surface area contributed by atoms with E-state index in [0.29, 0.717) is 24.7 Å². The summed E-state index contributed by atoms with van der Waals surface area (Å²) in [6.45, 7) is 5.09. The molecule has 2 aromatic carbocycles. The molecule has 0 radical (unpaired) electrons. The van der Waals surface area contributed by atoms with Gasteiger partial charge in [-0.3, -0.25) is 9.59 Å². The number of methoxy groups -OCH3 is 1. The number of fused-ring (bicyclic) bond motifs is 3. The highest BCUT2D eigenvalue weighted by atomic mass is 16.5. The number of hydrogen-bond donors (Lipinski definition) is 1. The van der Waals surface area contributed by atoms with E-state index in [0.717, 1.165) is 41.6 Å². The number of nitrogens with zero attached hydrogens (tertiary/aromatic N) is 1. The molecular formula is C27H30N2O4. The maximum Gasteiger partial charge on any atom is 0.256 e. The average molecular weight is 447 g/mol. The monoisotopic (exact) mass is 446 g/mol. The van der Waals surface area contributed by atoms with Crippen molar-refractivity contribution in [3.63, 3.8) is 0 Å². The van der Waals surface area contributed by atoms with Gasteiger partial charge in [-0.2, -0.15) is 0 Å². The molecule has 0 saturated carbocycles. The van der Waals surface area contributed by atoms with Gasteiger partial charge in [-0.15, -0.1) is 0 Å². The number of rotatable bonds is 8. The van der Waals surface area contributed by atoms with Crippen molar-refractivity contribution in [3.05, 3.63) is 81.6 Å². The average Bonchev–Trinajstić information content (AvgIpc) is 2.85. The van der Waals surface area contributed by atoms with Crippen molar-refractivity contribution in [3.8, 4) is 22.8 Å². The molecule has 6 nitrogen and oxygen atoms in total. The Morgan fingerprint density at radius 3 is 2.61 bits per heavy atom. The van der Waals surface area contributed by atoms with Crippen molar-refractivity contribution in [2.24, 2.45) is 0 Å². The van der Waals surface area contributed by atoms with E-state index in [4.69, 9.17) is 9.47 Å². The molecule has 0 aliphatic carbocycles. The lowest BCUT2D eigenvalue weighted by Crippen LogP contribution is -2.31.